The predicted molar refractivity (Wildman–Crippen MR) is 78.8 cm³/mol. The molecular formula is C14H19FN4S. The molecule has 0 saturated carbocycles. The Kier molecular flexibility index (Phi) is 5.17. The normalized spacial score (nSPS) is 12.6. The van der Waals surface area contributed by atoms with Crippen molar-refractivity contribution in [3.63, 3.8) is 0 Å². The summed E-state index contributed by atoms with van der Waals surface area (Å²) < 4.78 is 17.4. The molecule has 1 atom stereocenters. The van der Waals surface area contributed by atoms with Crippen molar-refractivity contribution in [2.45, 2.75) is 39.2 Å². The molecule has 6 heteroatoms. The number of rotatable bonds is 6. The molecule has 2 aromatic rings. The summed E-state index contributed by atoms with van der Waals surface area (Å²) in [6, 6.07) is 4.74. The van der Waals surface area contributed by atoms with Gasteiger partial charge in [-0.3, -0.25) is 11.3 Å². The molecule has 3 N–H and O–H groups in total. The van der Waals surface area contributed by atoms with Crippen molar-refractivity contribution in [3.05, 3.63) is 45.7 Å². The van der Waals surface area contributed by atoms with Crippen LogP contribution in [0.1, 0.15) is 41.1 Å². The van der Waals surface area contributed by atoms with E-state index in [2.05, 4.69) is 21.9 Å². The van der Waals surface area contributed by atoms with E-state index in [0.717, 1.165) is 34.5 Å². The lowest BCUT2D eigenvalue weighted by Crippen LogP contribution is -2.30. The molecule has 20 heavy (non-hydrogen) atoms. The van der Waals surface area contributed by atoms with E-state index in [0.29, 0.717) is 6.42 Å². The van der Waals surface area contributed by atoms with E-state index in [-0.39, 0.29) is 11.9 Å². The van der Waals surface area contributed by atoms with Gasteiger partial charge in [0.1, 0.15) is 5.82 Å². The van der Waals surface area contributed by atoms with Crippen LogP contribution in [0, 0.1) is 12.7 Å². The van der Waals surface area contributed by atoms with E-state index in [1.165, 1.54) is 17.6 Å². The lowest BCUT2D eigenvalue weighted by molar-refractivity contribution is 0.549. The van der Waals surface area contributed by atoms with Crippen LogP contribution in [0.15, 0.2) is 18.2 Å². The minimum absolute atomic E-state index is 0.0861. The molecule has 0 amide bonds. The number of nitrogens with zero attached hydrogens (tertiary/aromatic N) is 2. The summed E-state index contributed by atoms with van der Waals surface area (Å²) in [7, 11) is 0. The zero-order valence-electron chi connectivity index (χ0n) is 11.7. The van der Waals surface area contributed by atoms with E-state index in [4.69, 9.17) is 5.84 Å². The Balaban J connectivity index is 2.24. The van der Waals surface area contributed by atoms with Gasteiger partial charge < -0.3 is 0 Å². The van der Waals surface area contributed by atoms with Crippen molar-refractivity contribution < 1.29 is 4.39 Å². The van der Waals surface area contributed by atoms with Crippen LogP contribution in [-0.2, 0) is 12.8 Å². The summed E-state index contributed by atoms with van der Waals surface area (Å²) >= 11 is 1.35. The fourth-order valence-corrected chi connectivity index (χ4v) is 2.95. The summed E-state index contributed by atoms with van der Waals surface area (Å²) in [6.07, 6.45) is 2.52. The van der Waals surface area contributed by atoms with Gasteiger partial charge in [-0.25, -0.2) is 4.39 Å². The van der Waals surface area contributed by atoms with Gasteiger partial charge >= 0.3 is 0 Å². The number of nitrogens with one attached hydrogen (secondary N) is 1. The largest absolute Gasteiger partial charge is 0.271 e. The van der Waals surface area contributed by atoms with E-state index in [1.807, 2.05) is 6.92 Å². The molecule has 4 nitrogen and oxygen atoms in total. The first-order valence-electron chi connectivity index (χ1n) is 6.68. The fraction of sp³-hybridized carbons (Fsp3) is 0.429. The first-order valence-corrected chi connectivity index (χ1v) is 7.45. The zero-order chi connectivity index (χ0) is 14.5. The highest BCUT2D eigenvalue weighted by Crippen LogP contribution is 2.26. The SMILES string of the molecule is CCCc1nnsc1C(Cc1cc(F)ccc1C)NN. The number of aromatic nitrogens is 2. The summed E-state index contributed by atoms with van der Waals surface area (Å²) in [4.78, 5) is 1.04. The molecule has 1 aromatic heterocycles. The Labute approximate surface area is 122 Å². The number of hydrogen-bond donors (Lipinski definition) is 2. The number of nitrogens with two attached hydrogens (primary N) is 1. The first kappa shape index (κ1) is 15.0. The van der Waals surface area contributed by atoms with Crippen LogP contribution in [-0.4, -0.2) is 9.59 Å². The van der Waals surface area contributed by atoms with Gasteiger partial charge in [0.2, 0.25) is 0 Å². The van der Waals surface area contributed by atoms with Gasteiger partial charge in [-0.1, -0.05) is 23.9 Å². The summed E-state index contributed by atoms with van der Waals surface area (Å²) in [5.74, 6) is 5.45. The van der Waals surface area contributed by atoms with Crippen molar-refractivity contribution in [1.82, 2.24) is 15.0 Å². The molecule has 0 aliphatic rings. The molecule has 1 heterocycles. The molecule has 0 aliphatic heterocycles. The van der Waals surface area contributed by atoms with Gasteiger partial charge in [0.15, 0.2) is 0 Å². The van der Waals surface area contributed by atoms with Gasteiger partial charge in [-0.2, -0.15) is 0 Å². The second kappa shape index (κ2) is 6.88. The van der Waals surface area contributed by atoms with E-state index >= 15 is 0 Å². The highest BCUT2D eigenvalue weighted by molar-refractivity contribution is 7.05. The van der Waals surface area contributed by atoms with Gasteiger partial charge in [0.05, 0.1) is 16.6 Å². The molecule has 0 radical (unpaired) electrons. The quantitative estimate of drug-likeness (QED) is 0.635. The Morgan fingerprint density at radius 1 is 1.45 bits per heavy atom. The summed E-state index contributed by atoms with van der Waals surface area (Å²) in [6.45, 7) is 4.07. The molecule has 0 saturated heterocycles. The van der Waals surface area contributed by atoms with Crippen LogP contribution in [0.2, 0.25) is 0 Å². The third kappa shape index (κ3) is 3.39. The third-order valence-corrected chi connectivity index (χ3v) is 4.20. The van der Waals surface area contributed by atoms with Gasteiger partial charge in [0, 0.05) is 0 Å². The van der Waals surface area contributed by atoms with Crippen LogP contribution in [0.25, 0.3) is 0 Å². The maximum absolute atomic E-state index is 13.4. The number of halogens is 1. The third-order valence-electron chi connectivity index (χ3n) is 3.32. The molecule has 0 bridgehead atoms. The Bertz CT molecular complexity index is 570. The predicted octanol–water partition coefficient (Wildman–Crippen LogP) is 2.69. The number of hydrazine groups is 1. The van der Waals surface area contributed by atoms with Crippen molar-refractivity contribution in [2.75, 3.05) is 0 Å². The van der Waals surface area contributed by atoms with Crippen molar-refractivity contribution in [1.29, 1.82) is 0 Å². The van der Waals surface area contributed by atoms with E-state index in [1.54, 1.807) is 12.1 Å². The van der Waals surface area contributed by atoms with E-state index < -0.39 is 0 Å². The monoisotopic (exact) mass is 294 g/mol. The number of hydrogen-bond acceptors (Lipinski definition) is 5. The maximum atomic E-state index is 13.4. The van der Waals surface area contributed by atoms with E-state index in [9.17, 15) is 4.39 Å². The topological polar surface area (TPSA) is 63.8 Å². The lowest BCUT2D eigenvalue weighted by Gasteiger charge is -2.16. The lowest BCUT2D eigenvalue weighted by atomic mass is 9.99. The molecule has 108 valence electrons. The molecule has 0 aliphatic carbocycles. The van der Waals surface area contributed by atoms with Crippen molar-refractivity contribution in [3.8, 4) is 0 Å². The van der Waals surface area contributed by atoms with Crippen molar-refractivity contribution in [2.24, 2.45) is 5.84 Å². The van der Waals surface area contributed by atoms with Crippen LogP contribution >= 0.6 is 11.5 Å². The smallest absolute Gasteiger partial charge is 0.123 e. The Morgan fingerprint density at radius 2 is 2.25 bits per heavy atom. The zero-order valence-corrected chi connectivity index (χ0v) is 12.5. The highest BCUT2D eigenvalue weighted by Gasteiger charge is 2.19. The maximum Gasteiger partial charge on any atom is 0.123 e. The summed E-state index contributed by atoms with van der Waals surface area (Å²) in [5.41, 5.74) is 5.79. The van der Waals surface area contributed by atoms with Gasteiger partial charge in [0.25, 0.3) is 0 Å². The van der Waals surface area contributed by atoms with Crippen molar-refractivity contribution >= 4 is 11.5 Å². The standard InChI is InChI=1S/C14H19FN4S/c1-3-4-12-14(20-19-18-12)13(17-16)8-10-7-11(15)6-5-9(10)2/h5-7,13,17H,3-4,8,16H2,1-2H3. The fourth-order valence-electron chi connectivity index (χ4n) is 2.20. The molecule has 1 aromatic carbocycles. The van der Waals surface area contributed by atoms with Crippen LogP contribution in [0.4, 0.5) is 4.39 Å². The van der Waals surface area contributed by atoms with Gasteiger partial charge in [-0.15, -0.1) is 5.10 Å². The van der Waals surface area contributed by atoms with Crippen LogP contribution < -0.4 is 11.3 Å². The minimum Gasteiger partial charge on any atom is -0.271 e. The highest BCUT2D eigenvalue weighted by atomic mass is 32.1. The average Bonchev–Trinajstić information content (AvgIpc) is 2.88. The Hall–Kier alpha value is -1.37. The molecular weight excluding hydrogens is 275 g/mol. The summed E-state index contributed by atoms with van der Waals surface area (Å²) in [5, 5.41) is 4.16. The second-order valence-corrected chi connectivity index (χ2v) is 5.61. The molecule has 0 spiro atoms. The minimum atomic E-state index is -0.224. The van der Waals surface area contributed by atoms with Crippen LogP contribution in [0.5, 0.6) is 0 Å². The first-order chi connectivity index (χ1) is 9.65. The molecule has 2 rings (SSSR count). The number of aryl methyl sites for hydroxylation is 2. The second-order valence-electron chi connectivity index (χ2n) is 4.83. The molecule has 1 unspecified atom stereocenters. The van der Waals surface area contributed by atoms with Crippen LogP contribution in [0.3, 0.4) is 0 Å². The average molecular weight is 294 g/mol. The number of benzene rings is 1. The Morgan fingerprint density at radius 3 is 2.95 bits per heavy atom. The molecule has 0 fully saturated rings. The van der Waals surface area contributed by atoms with Gasteiger partial charge in [-0.05, 0) is 54.6 Å².